The molecule has 0 saturated heterocycles. The summed E-state index contributed by atoms with van der Waals surface area (Å²) in [4.78, 5) is 22.6. The molecule has 0 aliphatic carbocycles. The lowest BCUT2D eigenvalue weighted by atomic mass is 9.84. The van der Waals surface area contributed by atoms with Gasteiger partial charge in [0.05, 0.1) is 5.69 Å². The maximum absolute atomic E-state index is 12.0. The molecule has 0 aliphatic heterocycles. The lowest BCUT2D eigenvalue weighted by Crippen LogP contribution is -2.29. The predicted octanol–water partition coefficient (Wildman–Crippen LogP) is 2.30. The van der Waals surface area contributed by atoms with Gasteiger partial charge in [-0.2, -0.15) is 0 Å². The Labute approximate surface area is 118 Å². The molecule has 0 radical (unpaired) electrons. The van der Waals surface area contributed by atoms with Crippen LogP contribution in [0.15, 0.2) is 4.52 Å². The summed E-state index contributed by atoms with van der Waals surface area (Å²) in [6.45, 7) is 7.92. The molecule has 0 aliphatic rings. The lowest BCUT2D eigenvalue weighted by molar-refractivity contribution is -0.137. The minimum atomic E-state index is -0.794. The van der Waals surface area contributed by atoms with Gasteiger partial charge in [-0.1, -0.05) is 19.0 Å². The van der Waals surface area contributed by atoms with Crippen LogP contribution in [0.4, 0.5) is 0 Å². The zero-order valence-corrected chi connectivity index (χ0v) is 12.4. The fourth-order valence-electron chi connectivity index (χ4n) is 1.98. The van der Waals surface area contributed by atoms with Gasteiger partial charge in [0.1, 0.15) is 11.3 Å². The van der Waals surface area contributed by atoms with E-state index in [2.05, 4.69) is 10.5 Å². The van der Waals surface area contributed by atoms with Gasteiger partial charge in [0.15, 0.2) is 0 Å². The summed E-state index contributed by atoms with van der Waals surface area (Å²) in [6.07, 6.45) is 1.45. The summed E-state index contributed by atoms with van der Waals surface area (Å²) in [5.41, 5.74) is 0.934. The molecule has 1 heterocycles. The number of rotatable bonds is 7. The Hall–Kier alpha value is -1.85. The van der Waals surface area contributed by atoms with Crippen LogP contribution in [0, 0.1) is 19.3 Å². The van der Waals surface area contributed by atoms with Gasteiger partial charge >= 0.3 is 5.97 Å². The Balaban J connectivity index is 2.44. The third-order valence-electron chi connectivity index (χ3n) is 3.36. The number of amides is 1. The minimum absolute atomic E-state index is 0.121. The zero-order valence-electron chi connectivity index (χ0n) is 12.4. The first-order valence-corrected chi connectivity index (χ1v) is 6.66. The van der Waals surface area contributed by atoms with Gasteiger partial charge in [0.2, 0.25) is 0 Å². The van der Waals surface area contributed by atoms with Gasteiger partial charge < -0.3 is 14.9 Å². The number of aryl methyl sites for hydroxylation is 2. The van der Waals surface area contributed by atoms with E-state index in [1.54, 1.807) is 13.8 Å². The largest absolute Gasteiger partial charge is 0.481 e. The standard InChI is InChI=1S/C14H22N2O4/c1-9-12(10(2)20-16-9)13(19)15-8-7-14(3,4)6-5-11(17)18/h5-8H2,1-4H3,(H,15,19)(H,17,18). The van der Waals surface area contributed by atoms with Crippen LogP contribution in [-0.4, -0.2) is 28.7 Å². The summed E-state index contributed by atoms with van der Waals surface area (Å²) in [5.74, 6) is -0.488. The van der Waals surface area contributed by atoms with Crippen LogP contribution in [0.1, 0.15) is 54.9 Å². The van der Waals surface area contributed by atoms with Crippen molar-refractivity contribution in [1.82, 2.24) is 10.5 Å². The van der Waals surface area contributed by atoms with Crippen molar-refractivity contribution in [3.05, 3.63) is 17.0 Å². The molecule has 2 N–H and O–H groups in total. The Morgan fingerprint density at radius 2 is 1.95 bits per heavy atom. The molecular formula is C14H22N2O4. The van der Waals surface area contributed by atoms with Crippen molar-refractivity contribution in [2.75, 3.05) is 6.54 Å². The molecular weight excluding hydrogens is 260 g/mol. The first kappa shape index (κ1) is 16.2. The molecule has 1 aromatic heterocycles. The molecule has 1 aromatic rings. The molecule has 6 nitrogen and oxygen atoms in total. The first-order valence-electron chi connectivity index (χ1n) is 6.66. The minimum Gasteiger partial charge on any atom is -0.481 e. The summed E-state index contributed by atoms with van der Waals surface area (Å²) in [5, 5.41) is 15.3. The maximum Gasteiger partial charge on any atom is 0.303 e. The van der Waals surface area contributed by atoms with Crippen LogP contribution in [-0.2, 0) is 4.79 Å². The van der Waals surface area contributed by atoms with Crippen LogP contribution in [0.3, 0.4) is 0 Å². The fraction of sp³-hybridized carbons (Fsp3) is 0.643. The molecule has 20 heavy (non-hydrogen) atoms. The number of carboxylic acid groups (broad SMARTS) is 1. The molecule has 1 rings (SSSR count). The zero-order chi connectivity index (χ0) is 15.3. The van der Waals surface area contributed by atoms with Gasteiger partial charge in [-0.3, -0.25) is 9.59 Å². The van der Waals surface area contributed by atoms with Crippen molar-refractivity contribution in [3.63, 3.8) is 0 Å². The smallest absolute Gasteiger partial charge is 0.303 e. The Bertz CT molecular complexity index is 472. The topological polar surface area (TPSA) is 92.4 Å². The molecule has 0 saturated carbocycles. The SMILES string of the molecule is Cc1noc(C)c1C(=O)NCCC(C)(C)CCC(=O)O. The second kappa shape index (κ2) is 6.54. The number of nitrogens with zero attached hydrogens (tertiary/aromatic N) is 1. The number of aromatic nitrogens is 1. The molecule has 0 unspecified atom stereocenters. The number of hydrogen-bond acceptors (Lipinski definition) is 4. The van der Waals surface area contributed by atoms with E-state index in [-0.39, 0.29) is 17.7 Å². The van der Waals surface area contributed by atoms with Gasteiger partial charge in [-0.15, -0.1) is 0 Å². The van der Waals surface area contributed by atoms with E-state index < -0.39 is 5.97 Å². The first-order chi connectivity index (χ1) is 9.23. The van der Waals surface area contributed by atoms with Gasteiger partial charge in [0, 0.05) is 13.0 Å². The number of aliphatic carboxylic acids is 1. The van der Waals surface area contributed by atoms with Gasteiger partial charge in [-0.25, -0.2) is 0 Å². The number of hydrogen-bond donors (Lipinski definition) is 2. The Kier molecular flexibility index (Phi) is 5.30. The van der Waals surface area contributed by atoms with E-state index in [9.17, 15) is 9.59 Å². The molecule has 0 fully saturated rings. The molecule has 112 valence electrons. The predicted molar refractivity (Wildman–Crippen MR) is 73.6 cm³/mol. The highest BCUT2D eigenvalue weighted by atomic mass is 16.5. The molecule has 1 amide bonds. The highest BCUT2D eigenvalue weighted by Gasteiger charge is 2.21. The average molecular weight is 282 g/mol. The monoisotopic (exact) mass is 282 g/mol. The molecule has 0 atom stereocenters. The van der Waals surface area contributed by atoms with Crippen molar-refractivity contribution in [1.29, 1.82) is 0 Å². The van der Waals surface area contributed by atoms with Crippen LogP contribution in [0.2, 0.25) is 0 Å². The number of carboxylic acids is 1. The van der Waals surface area contributed by atoms with Crippen LogP contribution >= 0.6 is 0 Å². The van der Waals surface area contributed by atoms with Crippen LogP contribution in [0.5, 0.6) is 0 Å². The Morgan fingerprint density at radius 1 is 1.30 bits per heavy atom. The molecule has 0 bridgehead atoms. The van der Waals surface area contributed by atoms with Gasteiger partial charge in [-0.05, 0) is 32.1 Å². The third-order valence-corrected chi connectivity index (χ3v) is 3.36. The van der Waals surface area contributed by atoms with E-state index in [0.717, 1.165) is 6.42 Å². The van der Waals surface area contributed by atoms with Crippen molar-refractivity contribution in [2.45, 2.75) is 47.0 Å². The number of carbonyl (C=O) groups is 2. The summed E-state index contributed by atoms with van der Waals surface area (Å²) in [7, 11) is 0. The number of carbonyl (C=O) groups excluding carboxylic acids is 1. The maximum atomic E-state index is 12.0. The van der Waals surface area contributed by atoms with Crippen molar-refractivity contribution in [2.24, 2.45) is 5.41 Å². The fourth-order valence-corrected chi connectivity index (χ4v) is 1.98. The van der Waals surface area contributed by atoms with E-state index in [1.165, 1.54) is 0 Å². The van der Waals surface area contributed by atoms with Crippen molar-refractivity contribution < 1.29 is 19.2 Å². The van der Waals surface area contributed by atoms with Crippen LogP contribution < -0.4 is 5.32 Å². The van der Waals surface area contributed by atoms with E-state index in [1.807, 2.05) is 13.8 Å². The quantitative estimate of drug-likeness (QED) is 0.800. The number of nitrogens with one attached hydrogen (secondary N) is 1. The highest BCUT2D eigenvalue weighted by Crippen LogP contribution is 2.26. The molecule has 6 heteroatoms. The Morgan fingerprint density at radius 3 is 2.45 bits per heavy atom. The van der Waals surface area contributed by atoms with E-state index in [0.29, 0.717) is 30.0 Å². The summed E-state index contributed by atoms with van der Waals surface area (Å²) in [6, 6.07) is 0. The average Bonchev–Trinajstić information content (AvgIpc) is 2.66. The second-order valence-corrected chi connectivity index (χ2v) is 5.76. The van der Waals surface area contributed by atoms with E-state index in [4.69, 9.17) is 9.63 Å². The van der Waals surface area contributed by atoms with E-state index >= 15 is 0 Å². The molecule has 0 aromatic carbocycles. The van der Waals surface area contributed by atoms with Crippen molar-refractivity contribution in [3.8, 4) is 0 Å². The van der Waals surface area contributed by atoms with Crippen molar-refractivity contribution >= 4 is 11.9 Å². The summed E-state index contributed by atoms with van der Waals surface area (Å²) >= 11 is 0. The molecule has 0 spiro atoms. The van der Waals surface area contributed by atoms with Crippen LogP contribution in [0.25, 0.3) is 0 Å². The highest BCUT2D eigenvalue weighted by molar-refractivity contribution is 5.96. The lowest BCUT2D eigenvalue weighted by Gasteiger charge is -2.23. The summed E-state index contributed by atoms with van der Waals surface area (Å²) < 4.78 is 4.95. The third kappa shape index (κ3) is 4.68. The second-order valence-electron chi connectivity index (χ2n) is 5.76. The normalized spacial score (nSPS) is 11.4. The van der Waals surface area contributed by atoms with Gasteiger partial charge in [0.25, 0.3) is 5.91 Å².